The molecule has 0 saturated carbocycles. The summed E-state index contributed by atoms with van der Waals surface area (Å²) in [5, 5.41) is 18.2. The Balaban J connectivity index is 0.000000604. The number of nitrogens with two attached hydrogens (primary N) is 1. The second-order valence-electron chi connectivity index (χ2n) is 7.59. The van der Waals surface area contributed by atoms with Crippen molar-refractivity contribution in [1.82, 2.24) is 15.1 Å². The number of hydrogen-bond acceptors (Lipinski definition) is 5. The summed E-state index contributed by atoms with van der Waals surface area (Å²) in [6, 6.07) is 13.8. The number of carboxylic acid groups (broad SMARTS) is 1. The first kappa shape index (κ1) is 27.2. The molecule has 3 rings (SSSR count). The van der Waals surface area contributed by atoms with Crippen LogP contribution >= 0.6 is 23.2 Å². The van der Waals surface area contributed by atoms with E-state index in [4.69, 9.17) is 33.7 Å². The van der Waals surface area contributed by atoms with Gasteiger partial charge in [-0.2, -0.15) is 9.78 Å². The average Bonchev–Trinajstić information content (AvgIpc) is 3.14. The quantitative estimate of drug-likeness (QED) is 0.338. The molecule has 0 fully saturated rings. The van der Waals surface area contributed by atoms with Gasteiger partial charge in [-0.15, -0.1) is 0 Å². The molecule has 8 nitrogen and oxygen atoms in total. The van der Waals surface area contributed by atoms with E-state index in [1.807, 2.05) is 6.92 Å². The molecule has 1 aromatic heterocycles. The van der Waals surface area contributed by atoms with Crippen LogP contribution < -0.4 is 15.8 Å². The topological polar surface area (TPSA) is 119 Å². The SMILES string of the molecule is CC(C)C(N)=O.CCCNCc1c(C(=O)O)nn(-c2ccccc2Cl)c1Oc1ccc(Cl)cc1. The Morgan fingerprint density at radius 1 is 1.15 bits per heavy atom. The van der Waals surface area contributed by atoms with Gasteiger partial charge in [0.2, 0.25) is 11.8 Å². The van der Waals surface area contributed by atoms with E-state index >= 15 is 0 Å². The first-order valence-corrected chi connectivity index (χ1v) is 11.4. The largest absolute Gasteiger partial charge is 0.476 e. The first-order chi connectivity index (χ1) is 16.1. The van der Waals surface area contributed by atoms with Crippen molar-refractivity contribution in [3.05, 3.63) is 69.8 Å². The number of benzene rings is 2. The number of aromatic nitrogens is 2. The number of carboxylic acids is 1. The Labute approximate surface area is 208 Å². The van der Waals surface area contributed by atoms with Gasteiger partial charge >= 0.3 is 5.97 Å². The van der Waals surface area contributed by atoms with Crippen molar-refractivity contribution >= 4 is 35.1 Å². The highest BCUT2D eigenvalue weighted by atomic mass is 35.5. The molecule has 0 radical (unpaired) electrons. The molecule has 182 valence electrons. The summed E-state index contributed by atoms with van der Waals surface area (Å²) >= 11 is 12.3. The van der Waals surface area contributed by atoms with Crippen molar-refractivity contribution < 1.29 is 19.4 Å². The van der Waals surface area contributed by atoms with Crippen molar-refractivity contribution in [3.63, 3.8) is 0 Å². The molecule has 3 aromatic rings. The third-order valence-corrected chi connectivity index (χ3v) is 5.12. The molecule has 1 heterocycles. The van der Waals surface area contributed by atoms with Gasteiger partial charge in [0.15, 0.2) is 5.69 Å². The Hall–Kier alpha value is -3.07. The summed E-state index contributed by atoms with van der Waals surface area (Å²) in [6.45, 7) is 6.59. The van der Waals surface area contributed by atoms with Crippen molar-refractivity contribution in [2.24, 2.45) is 11.7 Å². The monoisotopic (exact) mass is 506 g/mol. The van der Waals surface area contributed by atoms with Gasteiger partial charge in [-0.05, 0) is 49.4 Å². The summed E-state index contributed by atoms with van der Waals surface area (Å²) < 4.78 is 7.47. The number of rotatable bonds is 9. The zero-order chi connectivity index (χ0) is 25.3. The highest BCUT2D eigenvalue weighted by Crippen LogP contribution is 2.33. The van der Waals surface area contributed by atoms with Crippen LogP contribution in [-0.2, 0) is 11.3 Å². The Morgan fingerprint density at radius 3 is 2.29 bits per heavy atom. The number of aromatic carboxylic acids is 1. The second kappa shape index (κ2) is 13.0. The minimum absolute atomic E-state index is 0.00926. The van der Waals surface area contributed by atoms with Crippen LogP contribution in [0.15, 0.2) is 48.5 Å². The van der Waals surface area contributed by atoms with Gasteiger partial charge < -0.3 is 20.9 Å². The molecule has 0 spiro atoms. The molecule has 0 unspecified atom stereocenters. The van der Waals surface area contributed by atoms with E-state index in [-0.39, 0.29) is 23.4 Å². The minimum atomic E-state index is -1.14. The Bertz CT molecular complexity index is 1110. The van der Waals surface area contributed by atoms with Gasteiger partial charge in [-0.3, -0.25) is 4.79 Å². The van der Waals surface area contributed by atoms with E-state index < -0.39 is 5.97 Å². The minimum Gasteiger partial charge on any atom is -0.476 e. The number of ether oxygens (including phenoxy) is 1. The summed E-state index contributed by atoms with van der Waals surface area (Å²) in [7, 11) is 0. The number of halogens is 2. The molecule has 2 aromatic carbocycles. The maximum atomic E-state index is 11.8. The van der Waals surface area contributed by atoms with E-state index in [0.717, 1.165) is 13.0 Å². The molecule has 0 bridgehead atoms. The zero-order valence-electron chi connectivity index (χ0n) is 19.2. The Kier molecular flexibility index (Phi) is 10.4. The third-order valence-electron chi connectivity index (χ3n) is 4.55. The van der Waals surface area contributed by atoms with Crippen LogP contribution in [0.5, 0.6) is 11.6 Å². The smallest absolute Gasteiger partial charge is 0.356 e. The van der Waals surface area contributed by atoms with Gasteiger partial charge in [-0.25, -0.2) is 4.79 Å². The highest BCUT2D eigenvalue weighted by Gasteiger charge is 2.26. The third kappa shape index (κ3) is 7.48. The number of nitrogens with zero attached hydrogens (tertiary/aromatic N) is 2. The van der Waals surface area contributed by atoms with Gasteiger partial charge in [0.25, 0.3) is 0 Å². The zero-order valence-corrected chi connectivity index (χ0v) is 20.7. The lowest BCUT2D eigenvalue weighted by Crippen LogP contribution is -2.17. The lowest BCUT2D eigenvalue weighted by Gasteiger charge is -2.12. The molecule has 0 aliphatic rings. The summed E-state index contributed by atoms with van der Waals surface area (Å²) in [5.41, 5.74) is 5.67. The second-order valence-corrected chi connectivity index (χ2v) is 8.43. The number of nitrogens with one attached hydrogen (secondary N) is 1. The maximum absolute atomic E-state index is 11.8. The fourth-order valence-corrected chi connectivity index (χ4v) is 3.00. The molecule has 4 N–H and O–H groups in total. The average molecular weight is 507 g/mol. The molecular formula is C24H28Cl2N4O4. The molecule has 0 saturated heterocycles. The van der Waals surface area contributed by atoms with Gasteiger partial charge in [0, 0.05) is 17.5 Å². The standard InChI is InChI=1S/C20H19Cl2N3O3.C4H9NO/c1-2-11-23-12-15-18(20(26)27)24-25(17-6-4-3-5-16(17)22)19(15)28-14-9-7-13(21)8-10-14;1-3(2)4(5)6/h3-10,23H,2,11-12H2,1H3,(H,26,27);3H,1-2H3,(H2,5,6). The molecule has 34 heavy (non-hydrogen) atoms. The number of carbonyl (C=O) groups excluding carboxylic acids is 1. The first-order valence-electron chi connectivity index (χ1n) is 10.7. The number of primary amides is 1. The molecular weight excluding hydrogens is 479 g/mol. The van der Waals surface area contributed by atoms with Crippen LogP contribution in [0.2, 0.25) is 10.0 Å². The molecule has 10 heteroatoms. The molecule has 0 aliphatic heterocycles. The number of amides is 1. The van der Waals surface area contributed by atoms with Crippen molar-refractivity contribution in [2.75, 3.05) is 6.54 Å². The number of hydrogen-bond donors (Lipinski definition) is 3. The summed E-state index contributed by atoms with van der Waals surface area (Å²) in [6.07, 6.45) is 0.911. The number of carbonyl (C=O) groups is 2. The van der Waals surface area contributed by atoms with Gasteiger partial charge in [-0.1, -0.05) is 56.1 Å². The molecule has 0 aliphatic carbocycles. The van der Waals surface area contributed by atoms with Gasteiger partial charge in [0.1, 0.15) is 5.75 Å². The van der Waals surface area contributed by atoms with Crippen molar-refractivity contribution in [2.45, 2.75) is 33.7 Å². The maximum Gasteiger partial charge on any atom is 0.356 e. The molecule has 0 atom stereocenters. The summed E-state index contributed by atoms with van der Waals surface area (Å²) in [4.78, 5) is 21.7. The van der Waals surface area contributed by atoms with Gasteiger partial charge in [0.05, 0.1) is 16.3 Å². The van der Waals surface area contributed by atoms with Crippen LogP contribution in [0.4, 0.5) is 0 Å². The predicted molar refractivity (Wildman–Crippen MR) is 133 cm³/mol. The fourth-order valence-electron chi connectivity index (χ4n) is 2.66. The number of para-hydroxylation sites is 1. The highest BCUT2D eigenvalue weighted by molar-refractivity contribution is 6.32. The van der Waals surface area contributed by atoms with Crippen molar-refractivity contribution in [3.8, 4) is 17.3 Å². The lowest BCUT2D eigenvalue weighted by atomic mass is 10.2. The predicted octanol–water partition coefficient (Wildman–Crippen LogP) is 5.30. The summed E-state index contributed by atoms with van der Waals surface area (Å²) in [5.74, 6) is -0.595. The van der Waals surface area contributed by atoms with Crippen LogP contribution in [0, 0.1) is 5.92 Å². The fraction of sp³-hybridized carbons (Fsp3) is 0.292. The van der Waals surface area contributed by atoms with Crippen LogP contribution in [0.25, 0.3) is 5.69 Å². The van der Waals surface area contributed by atoms with Crippen molar-refractivity contribution in [1.29, 1.82) is 0 Å². The van der Waals surface area contributed by atoms with Crippen LogP contribution in [0.1, 0.15) is 43.2 Å². The van der Waals surface area contributed by atoms with E-state index in [1.54, 1.807) is 62.4 Å². The van der Waals surface area contributed by atoms with E-state index in [2.05, 4.69) is 10.4 Å². The molecule has 1 amide bonds. The normalized spacial score (nSPS) is 10.5. The Morgan fingerprint density at radius 2 is 1.76 bits per heavy atom. The lowest BCUT2D eigenvalue weighted by molar-refractivity contribution is -0.120. The van der Waals surface area contributed by atoms with Crippen LogP contribution in [0.3, 0.4) is 0 Å². The van der Waals surface area contributed by atoms with Crippen LogP contribution in [-0.4, -0.2) is 33.3 Å². The van der Waals surface area contributed by atoms with E-state index in [9.17, 15) is 14.7 Å². The van der Waals surface area contributed by atoms with E-state index in [0.29, 0.717) is 33.6 Å². The van der Waals surface area contributed by atoms with E-state index in [1.165, 1.54) is 4.68 Å².